The fraction of sp³-hybridized carbons (Fsp3) is 0.500. The Hall–Kier alpha value is -1.44. The number of nitrogens with zero attached hydrogens (tertiary/aromatic N) is 4. The van der Waals surface area contributed by atoms with Crippen LogP contribution in [-0.4, -0.2) is 40.8 Å². The summed E-state index contributed by atoms with van der Waals surface area (Å²) in [6.07, 6.45) is 5.07. The van der Waals surface area contributed by atoms with E-state index in [0.29, 0.717) is 29.6 Å². The highest BCUT2D eigenvalue weighted by Gasteiger charge is 2.35. The minimum Gasteiger partial charge on any atom is -0.248 e. The van der Waals surface area contributed by atoms with Crippen LogP contribution in [0.1, 0.15) is 42.5 Å². The van der Waals surface area contributed by atoms with Crippen molar-refractivity contribution in [2.45, 2.75) is 43.0 Å². The molecule has 2 aromatic rings. The van der Waals surface area contributed by atoms with Crippen LogP contribution in [0.25, 0.3) is 0 Å². The van der Waals surface area contributed by atoms with Crippen molar-refractivity contribution in [3.05, 3.63) is 40.7 Å². The quantitative estimate of drug-likeness (QED) is 0.834. The molecule has 0 spiro atoms. The van der Waals surface area contributed by atoms with Crippen LogP contribution in [0, 0.1) is 6.92 Å². The number of aryl methyl sites for hydroxylation is 1. The summed E-state index contributed by atoms with van der Waals surface area (Å²) in [7, 11) is -3.54. The van der Waals surface area contributed by atoms with Crippen LogP contribution in [0.15, 0.2) is 29.3 Å². The second-order valence-corrected chi connectivity index (χ2v) is 8.96. The van der Waals surface area contributed by atoms with Crippen molar-refractivity contribution in [1.29, 1.82) is 0 Å². The lowest BCUT2D eigenvalue weighted by Gasteiger charge is -2.18. The average molecular weight is 367 g/mol. The SMILES string of the molecule is Cc1ccc(Cl)cc1S(=O)(=O)N1CCC(n2cc(C3CC3)nn2)C1. The van der Waals surface area contributed by atoms with Gasteiger partial charge in [-0.05, 0) is 43.9 Å². The molecular formula is C16H19ClN4O2S. The third-order valence-corrected chi connectivity index (χ3v) is 7.03. The average Bonchev–Trinajstić information content (AvgIpc) is 3.09. The minimum absolute atomic E-state index is 0.0410. The Bertz CT molecular complexity index is 876. The molecule has 1 aliphatic heterocycles. The summed E-state index contributed by atoms with van der Waals surface area (Å²) in [4.78, 5) is 0.285. The molecule has 2 aliphatic rings. The van der Waals surface area contributed by atoms with E-state index in [4.69, 9.17) is 11.6 Å². The third kappa shape index (κ3) is 2.85. The number of halogens is 1. The number of benzene rings is 1. The summed E-state index contributed by atoms with van der Waals surface area (Å²) in [5.74, 6) is 0.550. The first-order valence-electron chi connectivity index (χ1n) is 8.13. The van der Waals surface area contributed by atoms with E-state index in [9.17, 15) is 8.42 Å². The molecule has 8 heteroatoms. The first-order valence-corrected chi connectivity index (χ1v) is 9.95. The van der Waals surface area contributed by atoms with Gasteiger partial charge in [-0.2, -0.15) is 4.31 Å². The lowest BCUT2D eigenvalue weighted by atomic mass is 10.2. The highest BCUT2D eigenvalue weighted by Crippen LogP contribution is 2.39. The van der Waals surface area contributed by atoms with Crippen LogP contribution in [0.5, 0.6) is 0 Å². The topological polar surface area (TPSA) is 68.1 Å². The zero-order chi connectivity index (χ0) is 16.9. The van der Waals surface area contributed by atoms with Crippen molar-refractivity contribution < 1.29 is 8.42 Å². The smallest absolute Gasteiger partial charge is 0.243 e. The van der Waals surface area contributed by atoms with Gasteiger partial charge in [0.1, 0.15) is 0 Å². The Morgan fingerprint density at radius 3 is 2.79 bits per heavy atom. The first kappa shape index (κ1) is 16.1. The van der Waals surface area contributed by atoms with Gasteiger partial charge in [-0.1, -0.05) is 22.9 Å². The van der Waals surface area contributed by atoms with Crippen molar-refractivity contribution in [3.8, 4) is 0 Å². The molecule has 1 saturated carbocycles. The molecule has 1 atom stereocenters. The van der Waals surface area contributed by atoms with E-state index >= 15 is 0 Å². The predicted octanol–water partition coefficient (Wildman–Crippen LogP) is 2.75. The summed E-state index contributed by atoms with van der Waals surface area (Å²) in [6.45, 7) is 2.69. The maximum absolute atomic E-state index is 12.9. The lowest BCUT2D eigenvalue weighted by Crippen LogP contribution is -2.30. The molecule has 1 saturated heterocycles. The number of hydrogen-bond donors (Lipinski definition) is 0. The molecule has 24 heavy (non-hydrogen) atoms. The van der Waals surface area contributed by atoms with Crippen molar-refractivity contribution in [2.24, 2.45) is 0 Å². The molecule has 128 valence electrons. The van der Waals surface area contributed by atoms with E-state index < -0.39 is 10.0 Å². The zero-order valence-corrected chi connectivity index (χ0v) is 15.0. The molecule has 1 aliphatic carbocycles. The fourth-order valence-corrected chi connectivity index (χ4v) is 5.15. The molecule has 0 bridgehead atoms. The van der Waals surface area contributed by atoms with Crippen LogP contribution in [0.2, 0.25) is 5.02 Å². The van der Waals surface area contributed by atoms with Gasteiger partial charge in [0.05, 0.1) is 16.6 Å². The molecule has 2 fully saturated rings. The number of sulfonamides is 1. The van der Waals surface area contributed by atoms with Gasteiger partial charge in [-0.25, -0.2) is 13.1 Å². The summed E-state index contributed by atoms with van der Waals surface area (Å²) < 4.78 is 29.2. The van der Waals surface area contributed by atoms with Gasteiger partial charge < -0.3 is 0 Å². The highest BCUT2D eigenvalue weighted by molar-refractivity contribution is 7.89. The summed E-state index contributed by atoms with van der Waals surface area (Å²) in [6, 6.07) is 5.01. The molecule has 0 amide bonds. The van der Waals surface area contributed by atoms with Gasteiger partial charge in [0.25, 0.3) is 0 Å². The number of hydrogen-bond acceptors (Lipinski definition) is 4. The van der Waals surface area contributed by atoms with E-state index in [1.165, 1.54) is 23.2 Å². The van der Waals surface area contributed by atoms with Crippen LogP contribution >= 0.6 is 11.6 Å². The summed E-state index contributed by atoms with van der Waals surface area (Å²) >= 11 is 5.99. The maximum atomic E-state index is 12.9. The predicted molar refractivity (Wildman–Crippen MR) is 90.6 cm³/mol. The van der Waals surface area contributed by atoms with Gasteiger partial charge in [0, 0.05) is 30.2 Å². The van der Waals surface area contributed by atoms with E-state index in [2.05, 4.69) is 10.3 Å². The fourth-order valence-electron chi connectivity index (χ4n) is 3.17. The van der Waals surface area contributed by atoms with Gasteiger partial charge >= 0.3 is 0 Å². The summed E-state index contributed by atoms with van der Waals surface area (Å²) in [5.41, 5.74) is 1.74. The standard InChI is InChI=1S/C16H19ClN4O2S/c1-11-2-5-13(17)8-16(11)24(22,23)20-7-6-14(9-20)21-10-15(18-19-21)12-3-4-12/h2,5,8,10,12,14H,3-4,6-7,9H2,1H3. The number of aromatic nitrogens is 3. The molecule has 2 heterocycles. The van der Waals surface area contributed by atoms with Crippen molar-refractivity contribution >= 4 is 21.6 Å². The Morgan fingerprint density at radius 2 is 2.04 bits per heavy atom. The highest BCUT2D eigenvalue weighted by atomic mass is 35.5. The Kier molecular flexibility index (Phi) is 3.89. The normalized spacial score (nSPS) is 22.2. The van der Waals surface area contributed by atoms with Crippen LogP contribution < -0.4 is 0 Å². The Labute approximate surface area is 146 Å². The Balaban J connectivity index is 1.55. The van der Waals surface area contributed by atoms with E-state index in [1.54, 1.807) is 19.1 Å². The molecule has 4 rings (SSSR count). The van der Waals surface area contributed by atoms with Gasteiger partial charge in [0.15, 0.2) is 0 Å². The van der Waals surface area contributed by atoms with E-state index in [0.717, 1.165) is 12.1 Å². The minimum atomic E-state index is -3.54. The molecule has 1 aromatic carbocycles. The van der Waals surface area contributed by atoms with Crippen LogP contribution in [0.3, 0.4) is 0 Å². The zero-order valence-electron chi connectivity index (χ0n) is 13.4. The first-order chi connectivity index (χ1) is 11.4. The van der Waals surface area contributed by atoms with E-state index in [1.807, 2.05) is 10.9 Å². The third-order valence-electron chi connectivity index (χ3n) is 4.79. The second kappa shape index (κ2) is 5.82. The molecule has 1 aromatic heterocycles. The van der Waals surface area contributed by atoms with Gasteiger partial charge in [0.2, 0.25) is 10.0 Å². The molecule has 0 N–H and O–H groups in total. The largest absolute Gasteiger partial charge is 0.248 e. The maximum Gasteiger partial charge on any atom is 0.243 e. The number of rotatable bonds is 4. The van der Waals surface area contributed by atoms with Gasteiger partial charge in [-0.3, -0.25) is 0 Å². The monoisotopic (exact) mass is 366 g/mol. The molecule has 1 unspecified atom stereocenters. The Morgan fingerprint density at radius 1 is 1.25 bits per heavy atom. The van der Waals surface area contributed by atoms with Gasteiger partial charge in [-0.15, -0.1) is 5.10 Å². The molecule has 6 nitrogen and oxygen atoms in total. The molecule has 0 radical (unpaired) electrons. The second-order valence-electron chi connectivity index (χ2n) is 6.61. The van der Waals surface area contributed by atoms with Crippen molar-refractivity contribution in [3.63, 3.8) is 0 Å². The summed E-state index contributed by atoms with van der Waals surface area (Å²) in [5, 5.41) is 8.86. The molecular weight excluding hydrogens is 348 g/mol. The van der Waals surface area contributed by atoms with Crippen LogP contribution in [0.4, 0.5) is 0 Å². The van der Waals surface area contributed by atoms with Crippen molar-refractivity contribution in [2.75, 3.05) is 13.1 Å². The lowest BCUT2D eigenvalue weighted by molar-refractivity contribution is 0.428. The van der Waals surface area contributed by atoms with Crippen LogP contribution in [-0.2, 0) is 10.0 Å². The van der Waals surface area contributed by atoms with E-state index in [-0.39, 0.29) is 10.9 Å². The van der Waals surface area contributed by atoms with Crippen molar-refractivity contribution in [1.82, 2.24) is 19.3 Å².